The summed E-state index contributed by atoms with van der Waals surface area (Å²) in [5, 5.41) is 25.6. The molecule has 0 bridgehead atoms. The summed E-state index contributed by atoms with van der Waals surface area (Å²) in [4.78, 5) is 0. The Morgan fingerprint density at radius 2 is 1.30 bits per heavy atom. The van der Waals surface area contributed by atoms with E-state index in [0.29, 0.717) is 0 Å². The molecular formula is C28H32ClF2N5O. The summed E-state index contributed by atoms with van der Waals surface area (Å²) < 4.78 is 32.4. The van der Waals surface area contributed by atoms with Gasteiger partial charge in [-0.15, -0.1) is 22.6 Å². The van der Waals surface area contributed by atoms with Crippen LogP contribution < -0.4 is 10.6 Å². The first-order chi connectivity index (χ1) is 17.3. The van der Waals surface area contributed by atoms with Gasteiger partial charge in [-0.3, -0.25) is 0 Å². The van der Waals surface area contributed by atoms with Crippen LogP contribution in [0.2, 0.25) is 0 Å². The first-order valence-electron chi connectivity index (χ1n) is 12.4. The first kappa shape index (κ1) is 27.1. The smallest absolute Gasteiger partial charge is 0.167 e. The molecule has 3 aromatic rings. The molecule has 0 unspecified atom stereocenters. The van der Waals surface area contributed by atoms with Gasteiger partial charge in [0.15, 0.2) is 11.6 Å². The van der Waals surface area contributed by atoms with Gasteiger partial charge in [0.25, 0.3) is 0 Å². The summed E-state index contributed by atoms with van der Waals surface area (Å²) in [6.45, 7) is 6.61. The summed E-state index contributed by atoms with van der Waals surface area (Å²) in [5.41, 5.74) is 3.23. The second kappa shape index (κ2) is 11.2. The SMILES string of the molecule is CC(C)(O)Cn1c(-c2ccc(C3=CCNCC3)cc2F)nnc1-c1ccc(C2=CCNCC2)cc1F.Cl. The van der Waals surface area contributed by atoms with Crippen LogP contribution in [-0.4, -0.2) is 51.7 Å². The molecule has 2 aliphatic rings. The average Bonchev–Trinajstić information content (AvgIpc) is 3.26. The van der Waals surface area contributed by atoms with Crippen molar-refractivity contribution >= 4 is 23.6 Å². The van der Waals surface area contributed by atoms with Crippen LogP contribution in [0.5, 0.6) is 0 Å². The third-order valence-corrected chi connectivity index (χ3v) is 6.59. The largest absolute Gasteiger partial charge is 0.389 e. The van der Waals surface area contributed by atoms with Gasteiger partial charge in [-0.05, 0) is 86.3 Å². The van der Waals surface area contributed by atoms with E-state index in [1.807, 2.05) is 12.1 Å². The quantitative estimate of drug-likeness (QED) is 0.428. The summed E-state index contributed by atoms with van der Waals surface area (Å²) in [7, 11) is 0. The van der Waals surface area contributed by atoms with Crippen LogP contribution >= 0.6 is 12.4 Å². The van der Waals surface area contributed by atoms with E-state index in [4.69, 9.17) is 0 Å². The van der Waals surface area contributed by atoms with Gasteiger partial charge in [0, 0.05) is 13.1 Å². The topological polar surface area (TPSA) is 75.0 Å². The van der Waals surface area contributed by atoms with Crippen molar-refractivity contribution in [3.05, 3.63) is 71.3 Å². The summed E-state index contributed by atoms with van der Waals surface area (Å²) in [6, 6.07) is 10.1. The van der Waals surface area contributed by atoms with Gasteiger partial charge in [-0.25, -0.2) is 8.78 Å². The van der Waals surface area contributed by atoms with E-state index in [2.05, 4.69) is 33.0 Å². The molecule has 0 radical (unpaired) electrons. The number of aliphatic hydroxyl groups is 1. The molecule has 5 rings (SSSR count). The predicted octanol–water partition coefficient (Wildman–Crippen LogP) is 4.84. The second-order valence-corrected chi connectivity index (χ2v) is 10.0. The molecule has 3 heterocycles. The number of rotatable bonds is 6. The fourth-order valence-corrected chi connectivity index (χ4v) is 4.80. The minimum Gasteiger partial charge on any atom is -0.389 e. The molecule has 0 fully saturated rings. The Morgan fingerprint density at radius 1 is 0.838 bits per heavy atom. The van der Waals surface area contributed by atoms with Crippen LogP contribution in [0, 0.1) is 11.6 Å². The van der Waals surface area contributed by atoms with Gasteiger partial charge >= 0.3 is 0 Å². The van der Waals surface area contributed by atoms with E-state index in [-0.39, 0.29) is 41.7 Å². The summed E-state index contributed by atoms with van der Waals surface area (Å²) >= 11 is 0. The Morgan fingerprint density at radius 3 is 1.65 bits per heavy atom. The van der Waals surface area contributed by atoms with E-state index in [0.717, 1.165) is 61.3 Å². The number of hydrogen-bond acceptors (Lipinski definition) is 5. The average molecular weight is 528 g/mol. The molecule has 1 aromatic heterocycles. The van der Waals surface area contributed by atoms with E-state index >= 15 is 8.78 Å². The van der Waals surface area contributed by atoms with Gasteiger partial charge in [-0.1, -0.05) is 24.3 Å². The second-order valence-electron chi connectivity index (χ2n) is 10.0. The fraction of sp³-hybridized carbons (Fsp3) is 0.357. The summed E-state index contributed by atoms with van der Waals surface area (Å²) in [5.74, 6) is -0.368. The molecule has 6 nitrogen and oxygen atoms in total. The number of nitrogens with one attached hydrogen (secondary N) is 2. The molecule has 0 spiro atoms. The highest BCUT2D eigenvalue weighted by Gasteiger charge is 2.25. The Balaban J connectivity index is 0.00000320. The van der Waals surface area contributed by atoms with Crippen LogP contribution in [0.4, 0.5) is 8.78 Å². The Kier molecular flexibility index (Phi) is 8.23. The Labute approximate surface area is 221 Å². The van der Waals surface area contributed by atoms with E-state index in [1.54, 1.807) is 30.5 Å². The van der Waals surface area contributed by atoms with E-state index in [9.17, 15) is 5.11 Å². The molecular weight excluding hydrogens is 496 g/mol. The van der Waals surface area contributed by atoms with E-state index in [1.165, 1.54) is 12.1 Å². The number of aromatic nitrogens is 3. The third kappa shape index (κ3) is 5.99. The zero-order valence-electron chi connectivity index (χ0n) is 21.0. The molecule has 0 amide bonds. The lowest BCUT2D eigenvalue weighted by Gasteiger charge is -2.21. The van der Waals surface area contributed by atoms with Crippen molar-refractivity contribution in [3.63, 3.8) is 0 Å². The Hall–Kier alpha value is -2.91. The van der Waals surface area contributed by atoms with Crippen molar-refractivity contribution in [2.75, 3.05) is 26.2 Å². The van der Waals surface area contributed by atoms with Crippen molar-refractivity contribution in [2.45, 2.75) is 38.8 Å². The molecule has 2 aliphatic heterocycles. The van der Waals surface area contributed by atoms with Crippen molar-refractivity contribution in [1.82, 2.24) is 25.4 Å². The summed E-state index contributed by atoms with van der Waals surface area (Å²) in [6.07, 6.45) is 5.80. The minimum atomic E-state index is -1.15. The highest BCUT2D eigenvalue weighted by molar-refractivity contribution is 5.85. The maximum Gasteiger partial charge on any atom is 0.167 e. The lowest BCUT2D eigenvalue weighted by atomic mass is 9.98. The van der Waals surface area contributed by atoms with Gasteiger partial charge in [0.2, 0.25) is 0 Å². The molecule has 9 heteroatoms. The lowest BCUT2D eigenvalue weighted by molar-refractivity contribution is 0.0623. The minimum absolute atomic E-state index is 0. The third-order valence-electron chi connectivity index (χ3n) is 6.59. The van der Waals surface area contributed by atoms with Crippen LogP contribution in [0.3, 0.4) is 0 Å². The molecule has 37 heavy (non-hydrogen) atoms. The number of halogens is 3. The fourth-order valence-electron chi connectivity index (χ4n) is 4.80. The van der Waals surface area contributed by atoms with E-state index < -0.39 is 17.2 Å². The highest BCUT2D eigenvalue weighted by atomic mass is 35.5. The lowest BCUT2D eigenvalue weighted by Crippen LogP contribution is -2.27. The normalized spacial score (nSPS) is 16.1. The number of nitrogens with zero attached hydrogens (tertiary/aromatic N) is 3. The number of benzene rings is 2. The zero-order chi connectivity index (χ0) is 25.3. The van der Waals surface area contributed by atoms with Crippen molar-refractivity contribution in [1.29, 1.82) is 0 Å². The molecule has 0 saturated heterocycles. The Bertz CT molecular complexity index is 1250. The monoisotopic (exact) mass is 527 g/mol. The molecule has 3 N–H and O–H groups in total. The number of hydrogen-bond donors (Lipinski definition) is 3. The molecule has 0 aliphatic carbocycles. The first-order valence-corrected chi connectivity index (χ1v) is 12.4. The van der Waals surface area contributed by atoms with Gasteiger partial charge < -0.3 is 20.3 Å². The van der Waals surface area contributed by atoms with Crippen LogP contribution in [0.25, 0.3) is 33.9 Å². The highest BCUT2D eigenvalue weighted by Crippen LogP contribution is 2.32. The van der Waals surface area contributed by atoms with Gasteiger partial charge in [-0.2, -0.15) is 0 Å². The van der Waals surface area contributed by atoms with Crippen LogP contribution in [0.15, 0.2) is 48.6 Å². The van der Waals surface area contributed by atoms with Crippen LogP contribution in [-0.2, 0) is 6.54 Å². The van der Waals surface area contributed by atoms with Crippen molar-refractivity contribution in [3.8, 4) is 22.8 Å². The zero-order valence-corrected chi connectivity index (χ0v) is 21.8. The molecule has 196 valence electrons. The molecule has 2 aromatic carbocycles. The van der Waals surface area contributed by atoms with Crippen molar-refractivity contribution in [2.24, 2.45) is 0 Å². The van der Waals surface area contributed by atoms with Gasteiger partial charge in [0.05, 0.1) is 23.3 Å². The molecule has 0 atom stereocenters. The van der Waals surface area contributed by atoms with Gasteiger partial charge in [0.1, 0.15) is 11.6 Å². The van der Waals surface area contributed by atoms with Crippen LogP contribution in [0.1, 0.15) is 37.8 Å². The standard InChI is InChI=1S/C28H31F2N5O.ClH/c1-28(2,36)17-35-26(22-5-3-20(15-24(22)29)18-7-11-31-12-8-18)33-34-27(35)23-6-4-21(16-25(23)30)19-9-13-32-14-10-19;/h3-7,9,15-16,31-32,36H,8,10-14,17H2,1-2H3;1H. The predicted molar refractivity (Wildman–Crippen MR) is 145 cm³/mol. The maximum absolute atomic E-state index is 15.4. The molecule has 0 saturated carbocycles. The van der Waals surface area contributed by atoms with Crippen molar-refractivity contribution < 1.29 is 13.9 Å². The maximum atomic E-state index is 15.4.